The van der Waals surface area contributed by atoms with Gasteiger partial charge in [0.05, 0.1) is 0 Å². The van der Waals surface area contributed by atoms with Gasteiger partial charge in [0.2, 0.25) is 0 Å². The molecule has 0 atom stereocenters. The zero-order valence-electron chi connectivity index (χ0n) is 11.1. The summed E-state index contributed by atoms with van der Waals surface area (Å²) in [5.74, 6) is 1.21. The Kier molecular flexibility index (Phi) is 3.55. The van der Waals surface area contributed by atoms with Gasteiger partial charge in [-0.15, -0.1) is 0 Å². The first-order valence-electron chi connectivity index (χ1n) is 6.17. The fourth-order valence-electron chi connectivity index (χ4n) is 2.00. The highest BCUT2D eigenvalue weighted by Gasteiger charge is 2.06. The Morgan fingerprint density at radius 1 is 1.00 bits per heavy atom. The number of nitrogens with two attached hydrogens (primary N) is 1. The number of anilines is 1. The number of aryl methyl sites for hydroxylation is 3. The second kappa shape index (κ2) is 5.12. The number of hydrogen-bond donors (Lipinski definition) is 1. The summed E-state index contributed by atoms with van der Waals surface area (Å²) in [5, 5.41) is 0. The molecule has 2 N–H and O–H groups in total. The normalized spacial score (nSPS) is 10.6. The Labute approximate surface area is 107 Å². The van der Waals surface area contributed by atoms with Crippen molar-refractivity contribution in [2.45, 2.75) is 33.6 Å². The Balaban J connectivity index is 2.49. The fourth-order valence-corrected chi connectivity index (χ4v) is 2.00. The standard InChI is InChI=1S/C14H18N4/c1-4-5-12-8-13(15)18-14(17-12)11-6-9(2)16-10(3)7-11/h6-8H,4-5H2,1-3H3,(H2,15,17,18). The van der Waals surface area contributed by atoms with Crippen LogP contribution in [-0.4, -0.2) is 15.0 Å². The Morgan fingerprint density at radius 3 is 2.28 bits per heavy atom. The molecular weight excluding hydrogens is 224 g/mol. The summed E-state index contributed by atoms with van der Waals surface area (Å²) in [5.41, 5.74) is 9.74. The van der Waals surface area contributed by atoms with Crippen molar-refractivity contribution in [2.75, 3.05) is 5.73 Å². The third-order valence-corrected chi connectivity index (χ3v) is 2.64. The van der Waals surface area contributed by atoms with Crippen molar-refractivity contribution in [3.05, 3.63) is 35.3 Å². The second-order valence-corrected chi connectivity index (χ2v) is 4.50. The maximum absolute atomic E-state index is 5.84. The van der Waals surface area contributed by atoms with Gasteiger partial charge in [-0.25, -0.2) is 9.97 Å². The van der Waals surface area contributed by atoms with E-state index in [1.54, 1.807) is 0 Å². The SMILES string of the molecule is CCCc1cc(N)nc(-c2cc(C)nc(C)c2)n1. The summed E-state index contributed by atoms with van der Waals surface area (Å²) in [7, 11) is 0. The highest BCUT2D eigenvalue weighted by molar-refractivity contribution is 5.57. The lowest BCUT2D eigenvalue weighted by Crippen LogP contribution is -2.01. The molecule has 0 amide bonds. The minimum Gasteiger partial charge on any atom is -0.384 e. The van der Waals surface area contributed by atoms with Crippen LogP contribution in [0.15, 0.2) is 18.2 Å². The van der Waals surface area contributed by atoms with Crippen LogP contribution in [0.5, 0.6) is 0 Å². The van der Waals surface area contributed by atoms with Gasteiger partial charge >= 0.3 is 0 Å². The van der Waals surface area contributed by atoms with Crippen molar-refractivity contribution < 1.29 is 0 Å². The van der Waals surface area contributed by atoms with Gasteiger partial charge in [-0.05, 0) is 32.4 Å². The van der Waals surface area contributed by atoms with E-state index >= 15 is 0 Å². The fraction of sp³-hybridized carbons (Fsp3) is 0.357. The molecule has 0 saturated heterocycles. The van der Waals surface area contributed by atoms with Crippen LogP contribution in [0, 0.1) is 13.8 Å². The summed E-state index contributed by atoms with van der Waals surface area (Å²) in [6.45, 7) is 6.06. The van der Waals surface area contributed by atoms with Crippen molar-refractivity contribution in [3.8, 4) is 11.4 Å². The maximum Gasteiger partial charge on any atom is 0.161 e. The van der Waals surface area contributed by atoms with Gasteiger partial charge in [0.1, 0.15) is 5.82 Å². The number of pyridine rings is 1. The van der Waals surface area contributed by atoms with Crippen molar-refractivity contribution in [2.24, 2.45) is 0 Å². The minimum absolute atomic E-state index is 0.524. The van der Waals surface area contributed by atoms with E-state index < -0.39 is 0 Å². The third-order valence-electron chi connectivity index (χ3n) is 2.64. The molecule has 0 bridgehead atoms. The van der Waals surface area contributed by atoms with Crippen molar-refractivity contribution in [1.82, 2.24) is 15.0 Å². The third kappa shape index (κ3) is 2.83. The molecule has 4 nitrogen and oxygen atoms in total. The molecule has 0 spiro atoms. The number of hydrogen-bond acceptors (Lipinski definition) is 4. The van der Waals surface area contributed by atoms with E-state index in [2.05, 4.69) is 21.9 Å². The Bertz CT molecular complexity index is 543. The van der Waals surface area contributed by atoms with Crippen LogP contribution in [0.25, 0.3) is 11.4 Å². The summed E-state index contributed by atoms with van der Waals surface area (Å²) in [6, 6.07) is 5.81. The maximum atomic E-state index is 5.84. The van der Waals surface area contributed by atoms with E-state index in [1.807, 2.05) is 32.0 Å². The molecule has 0 saturated carbocycles. The molecule has 2 rings (SSSR count). The minimum atomic E-state index is 0.524. The smallest absolute Gasteiger partial charge is 0.161 e. The van der Waals surface area contributed by atoms with Gasteiger partial charge < -0.3 is 5.73 Å². The lowest BCUT2D eigenvalue weighted by atomic mass is 10.1. The molecule has 2 aromatic heterocycles. The van der Waals surface area contributed by atoms with E-state index in [4.69, 9.17) is 5.73 Å². The summed E-state index contributed by atoms with van der Waals surface area (Å²) in [4.78, 5) is 13.2. The van der Waals surface area contributed by atoms with Crippen LogP contribution >= 0.6 is 0 Å². The van der Waals surface area contributed by atoms with E-state index in [9.17, 15) is 0 Å². The molecule has 0 aliphatic rings. The lowest BCUT2D eigenvalue weighted by molar-refractivity contribution is 0.876. The zero-order chi connectivity index (χ0) is 13.1. The lowest BCUT2D eigenvalue weighted by Gasteiger charge is -2.06. The van der Waals surface area contributed by atoms with Crippen LogP contribution in [0.4, 0.5) is 5.82 Å². The van der Waals surface area contributed by atoms with Crippen LogP contribution < -0.4 is 5.73 Å². The molecule has 0 aromatic carbocycles. The summed E-state index contributed by atoms with van der Waals surface area (Å²) >= 11 is 0. The predicted octanol–water partition coefficient (Wildman–Crippen LogP) is 2.69. The average molecular weight is 242 g/mol. The molecular formula is C14H18N4. The molecule has 94 valence electrons. The van der Waals surface area contributed by atoms with Gasteiger partial charge in [-0.2, -0.15) is 0 Å². The number of aromatic nitrogens is 3. The van der Waals surface area contributed by atoms with Gasteiger partial charge in [0.25, 0.3) is 0 Å². The summed E-state index contributed by atoms with van der Waals surface area (Å²) in [6.07, 6.45) is 1.97. The largest absolute Gasteiger partial charge is 0.384 e. The first-order chi connectivity index (χ1) is 8.58. The molecule has 2 aromatic rings. The van der Waals surface area contributed by atoms with E-state index in [0.29, 0.717) is 11.6 Å². The molecule has 4 heteroatoms. The number of rotatable bonds is 3. The molecule has 0 fully saturated rings. The Hall–Kier alpha value is -1.97. The monoisotopic (exact) mass is 242 g/mol. The van der Waals surface area contributed by atoms with E-state index in [0.717, 1.165) is 35.5 Å². The Morgan fingerprint density at radius 2 is 1.67 bits per heavy atom. The molecule has 0 aliphatic carbocycles. The zero-order valence-corrected chi connectivity index (χ0v) is 11.1. The predicted molar refractivity (Wildman–Crippen MR) is 73.1 cm³/mol. The van der Waals surface area contributed by atoms with Gasteiger partial charge in [-0.1, -0.05) is 13.3 Å². The molecule has 18 heavy (non-hydrogen) atoms. The number of nitrogens with zero attached hydrogens (tertiary/aromatic N) is 3. The van der Waals surface area contributed by atoms with Gasteiger partial charge in [0, 0.05) is 28.7 Å². The van der Waals surface area contributed by atoms with Crippen molar-refractivity contribution >= 4 is 5.82 Å². The van der Waals surface area contributed by atoms with Crippen LogP contribution in [0.1, 0.15) is 30.4 Å². The van der Waals surface area contributed by atoms with Crippen LogP contribution in [-0.2, 0) is 6.42 Å². The van der Waals surface area contributed by atoms with Crippen molar-refractivity contribution in [1.29, 1.82) is 0 Å². The first-order valence-corrected chi connectivity index (χ1v) is 6.17. The van der Waals surface area contributed by atoms with E-state index in [1.165, 1.54) is 0 Å². The quantitative estimate of drug-likeness (QED) is 0.898. The number of nitrogen functional groups attached to an aromatic ring is 1. The highest BCUT2D eigenvalue weighted by Crippen LogP contribution is 2.19. The van der Waals surface area contributed by atoms with E-state index in [-0.39, 0.29) is 0 Å². The average Bonchev–Trinajstić information content (AvgIpc) is 2.27. The van der Waals surface area contributed by atoms with Gasteiger partial charge in [0.15, 0.2) is 5.82 Å². The molecule has 0 radical (unpaired) electrons. The highest BCUT2D eigenvalue weighted by atomic mass is 14.9. The van der Waals surface area contributed by atoms with Crippen LogP contribution in [0.2, 0.25) is 0 Å². The summed E-state index contributed by atoms with van der Waals surface area (Å²) < 4.78 is 0. The molecule has 2 heterocycles. The van der Waals surface area contributed by atoms with Crippen LogP contribution in [0.3, 0.4) is 0 Å². The first kappa shape index (κ1) is 12.5. The molecule has 0 aliphatic heterocycles. The molecule has 0 unspecified atom stereocenters. The van der Waals surface area contributed by atoms with Crippen molar-refractivity contribution in [3.63, 3.8) is 0 Å². The topological polar surface area (TPSA) is 64.7 Å². The van der Waals surface area contributed by atoms with Gasteiger partial charge in [-0.3, -0.25) is 4.98 Å². The second-order valence-electron chi connectivity index (χ2n) is 4.50.